The van der Waals surface area contributed by atoms with Crippen LogP contribution in [0.4, 0.5) is 0 Å². The van der Waals surface area contributed by atoms with Gasteiger partial charge in [-0.25, -0.2) is 8.42 Å². The van der Waals surface area contributed by atoms with E-state index in [1.54, 1.807) is 34.6 Å². The van der Waals surface area contributed by atoms with Crippen molar-refractivity contribution in [3.63, 3.8) is 0 Å². The van der Waals surface area contributed by atoms with Crippen LogP contribution in [0, 0.1) is 0 Å². The van der Waals surface area contributed by atoms with Gasteiger partial charge < -0.3 is 24.3 Å². The van der Waals surface area contributed by atoms with E-state index in [1.165, 1.54) is 18.4 Å². The summed E-state index contributed by atoms with van der Waals surface area (Å²) in [5.74, 6) is 0. The smallest absolute Gasteiger partial charge is 0.243 e. The fraction of sp³-hybridized carbons (Fsp3) is 0.571. The summed E-state index contributed by atoms with van der Waals surface area (Å²) in [6.45, 7) is 5.66. The van der Waals surface area contributed by atoms with Gasteiger partial charge in [-0.2, -0.15) is 4.31 Å². The van der Waals surface area contributed by atoms with Crippen LogP contribution in [-0.4, -0.2) is 77.9 Å². The molecule has 0 amide bonds. The fourth-order valence-electron chi connectivity index (χ4n) is 8.30. The van der Waals surface area contributed by atoms with Gasteiger partial charge in [-0.3, -0.25) is 0 Å². The van der Waals surface area contributed by atoms with Crippen molar-refractivity contribution in [1.29, 1.82) is 0 Å². The van der Waals surface area contributed by atoms with Crippen LogP contribution in [0.2, 0.25) is 20.1 Å². The highest BCUT2D eigenvalue weighted by atomic mass is 35.5. The summed E-state index contributed by atoms with van der Waals surface area (Å²) < 4.78 is 51.7. The summed E-state index contributed by atoms with van der Waals surface area (Å²) in [5, 5.41) is 5.74. The monoisotopic (exact) mass is 854 g/mol. The molecule has 4 saturated heterocycles. The molecule has 0 saturated carbocycles. The van der Waals surface area contributed by atoms with E-state index in [-0.39, 0.29) is 18.0 Å². The quantitative estimate of drug-likeness (QED) is 0.194. The minimum Gasteiger partial charge on any atom is -0.353 e. The molecule has 4 unspecified atom stereocenters. The lowest BCUT2D eigenvalue weighted by molar-refractivity contribution is -0.165. The van der Waals surface area contributed by atoms with Gasteiger partial charge in [-0.15, -0.1) is 0 Å². The number of nitrogens with zero attached hydrogens (tertiary/aromatic N) is 1. The molecule has 4 aliphatic rings. The number of halogens is 4. The van der Waals surface area contributed by atoms with Crippen LogP contribution < -0.4 is 5.32 Å². The van der Waals surface area contributed by atoms with E-state index in [0.29, 0.717) is 57.7 Å². The Morgan fingerprint density at radius 1 is 0.691 bits per heavy atom. The number of sulfonamides is 1. The van der Waals surface area contributed by atoms with Crippen LogP contribution in [-0.2, 0) is 39.8 Å². The third-order valence-corrected chi connectivity index (χ3v) is 14.8. The van der Waals surface area contributed by atoms with Crippen LogP contribution in [0.25, 0.3) is 0 Å². The predicted octanol–water partition coefficient (Wildman–Crippen LogP) is 10.2. The van der Waals surface area contributed by atoms with Gasteiger partial charge in [0.1, 0.15) is 0 Å². The standard InChI is InChI=1S/C24H29Cl2NO4S.C18H25Cl2NO2/c25-21-11-10-19(17-22(21)26)24(13-16-31-23-9-4-5-15-30-23)12-6-14-27(18-24)32(28,29)20-7-2-1-3-8-20;19-15-6-5-14(12-16(15)20)18(7-3-9-21-13-18)8-11-23-17-4-1-2-10-22-17/h1-3,7-8,10-11,17,23H,4-6,9,12-16,18H2;5-6,12,17,21H,1-4,7-11,13H2. The van der Waals surface area contributed by atoms with Gasteiger partial charge in [-0.1, -0.05) is 76.7 Å². The molecule has 1 N–H and O–H groups in total. The molecule has 4 aliphatic heterocycles. The first-order valence-corrected chi connectivity index (χ1v) is 22.7. The van der Waals surface area contributed by atoms with Crippen molar-refractivity contribution < 1.29 is 27.4 Å². The minimum atomic E-state index is -3.60. The molecule has 0 radical (unpaired) electrons. The van der Waals surface area contributed by atoms with E-state index in [4.69, 9.17) is 65.4 Å². The molecule has 3 aromatic carbocycles. The first-order chi connectivity index (χ1) is 26.6. The van der Waals surface area contributed by atoms with Gasteiger partial charge in [0.15, 0.2) is 12.6 Å². The van der Waals surface area contributed by atoms with Crippen molar-refractivity contribution in [3.8, 4) is 0 Å². The summed E-state index contributed by atoms with van der Waals surface area (Å²) in [6.07, 6.45) is 11.8. The van der Waals surface area contributed by atoms with Crippen molar-refractivity contribution in [3.05, 3.63) is 97.9 Å². The number of ether oxygens (including phenoxy) is 4. The third kappa shape index (κ3) is 11.4. The predicted molar refractivity (Wildman–Crippen MR) is 221 cm³/mol. The molecule has 13 heteroatoms. The van der Waals surface area contributed by atoms with E-state index < -0.39 is 15.4 Å². The zero-order valence-electron chi connectivity index (χ0n) is 31.5. The molecule has 7 rings (SSSR count). The maximum atomic E-state index is 13.4. The molecule has 4 heterocycles. The first-order valence-electron chi connectivity index (χ1n) is 19.7. The molecule has 4 fully saturated rings. The summed E-state index contributed by atoms with van der Waals surface area (Å²) in [4.78, 5) is 0.316. The zero-order valence-corrected chi connectivity index (χ0v) is 35.3. The van der Waals surface area contributed by atoms with Crippen molar-refractivity contribution in [1.82, 2.24) is 9.62 Å². The Hall–Kier alpha value is -1.47. The zero-order chi connectivity index (χ0) is 38.7. The van der Waals surface area contributed by atoms with Crippen molar-refractivity contribution >= 4 is 56.4 Å². The molecule has 0 aliphatic carbocycles. The van der Waals surface area contributed by atoms with Gasteiger partial charge >= 0.3 is 0 Å². The van der Waals surface area contributed by atoms with E-state index in [2.05, 4.69) is 11.4 Å². The largest absolute Gasteiger partial charge is 0.353 e. The topological polar surface area (TPSA) is 86.3 Å². The SMILES string of the molecule is Clc1ccc(C2(CCOC3CCCCO3)CCCNC2)cc1Cl.O=S(=O)(c1ccccc1)N1CCCC(CCOC2CCCCO2)(c2ccc(Cl)c(Cl)c2)C1. The van der Waals surface area contributed by atoms with E-state index >= 15 is 0 Å². The van der Waals surface area contributed by atoms with Crippen molar-refractivity contribution in [2.24, 2.45) is 0 Å². The second-order valence-electron chi connectivity index (χ2n) is 15.2. The first kappa shape index (κ1) is 43.1. The van der Waals surface area contributed by atoms with Gasteiger partial charge in [0.2, 0.25) is 10.0 Å². The van der Waals surface area contributed by atoms with Crippen LogP contribution in [0.15, 0.2) is 71.6 Å². The molecule has 0 aromatic heterocycles. The molecule has 8 nitrogen and oxygen atoms in total. The highest BCUT2D eigenvalue weighted by molar-refractivity contribution is 7.89. The summed E-state index contributed by atoms with van der Waals surface area (Å²) in [5.41, 5.74) is 1.91. The number of nitrogens with one attached hydrogen (secondary N) is 1. The average Bonchev–Trinajstić information content (AvgIpc) is 3.22. The second-order valence-corrected chi connectivity index (χ2v) is 18.8. The molecule has 0 bridgehead atoms. The summed E-state index contributed by atoms with van der Waals surface area (Å²) >= 11 is 24.9. The Morgan fingerprint density at radius 2 is 1.25 bits per heavy atom. The highest BCUT2D eigenvalue weighted by Gasteiger charge is 2.42. The Morgan fingerprint density at radius 3 is 1.78 bits per heavy atom. The van der Waals surface area contributed by atoms with Gasteiger partial charge in [0.05, 0.1) is 38.2 Å². The maximum absolute atomic E-state index is 13.4. The summed E-state index contributed by atoms with van der Waals surface area (Å²) in [6, 6.07) is 20.3. The Kier molecular flexibility index (Phi) is 16.1. The minimum absolute atomic E-state index is 0.0221. The van der Waals surface area contributed by atoms with Crippen molar-refractivity contribution in [2.45, 2.75) is 105 Å². The van der Waals surface area contributed by atoms with Crippen LogP contribution in [0.1, 0.15) is 88.2 Å². The molecule has 302 valence electrons. The molecule has 0 spiro atoms. The second kappa shape index (κ2) is 20.5. The Bertz CT molecular complexity index is 1770. The number of rotatable bonds is 12. The maximum Gasteiger partial charge on any atom is 0.243 e. The lowest BCUT2D eigenvalue weighted by Gasteiger charge is -2.43. The normalized spacial score (nSPS) is 26.5. The molecule has 55 heavy (non-hydrogen) atoms. The van der Waals surface area contributed by atoms with Crippen LogP contribution in [0.5, 0.6) is 0 Å². The van der Waals surface area contributed by atoms with Crippen LogP contribution in [0.3, 0.4) is 0 Å². The highest BCUT2D eigenvalue weighted by Crippen LogP contribution is 2.42. The molecule has 4 atom stereocenters. The molecular formula is C42H54Cl4N2O6S. The van der Waals surface area contributed by atoms with E-state index in [1.807, 2.05) is 30.3 Å². The van der Waals surface area contributed by atoms with Gasteiger partial charge in [-0.05, 0) is 131 Å². The number of hydrogen-bond donors (Lipinski definition) is 1. The number of piperidine rings is 2. The average molecular weight is 857 g/mol. The van der Waals surface area contributed by atoms with E-state index in [0.717, 1.165) is 89.7 Å². The van der Waals surface area contributed by atoms with Crippen LogP contribution >= 0.6 is 46.4 Å². The van der Waals surface area contributed by atoms with Crippen molar-refractivity contribution in [2.75, 3.05) is 52.6 Å². The Balaban J connectivity index is 0.000000197. The lowest BCUT2D eigenvalue weighted by atomic mass is 9.72. The summed E-state index contributed by atoms with van der Waals surface area (Å²) in [7, 11) is -3.60. The fourth-order valence-corrected chi connectivity index (χ4v) is 10.5. The number of hydrogen-bond acceptors (Lipinski definition) is 7. The molecule has 3 aromatic rings. The van der Waals surface area contributed by atoms with E-state index in [9.17, 15) is 8.42 Å². The number of benzene rings is 3. The Labute approximate surface area is 347 Å². The van der Waals surface area contributed by atoms with Gasteiger partial charge in [0.25, 0.3) is 0 Å². The third-order valence-electron chi connectivity index (χ3n) is 11.5. The van der Waals surface area contributed by atoms with Gasteiger partial charge in [0, 0.05) is 43.7 Å². The lowest BCUT2D eigenvalue weighted by Crippen LogP contribution is -2.49. The molecular weight excluding hydrogens is 802 g/mol.